The number of carbonyl (C=O) groups is 1. The lowest BCUT2D eigenvalue weighted by molar-refractivity contribution is -0.126. The first-order valence-electron chi connectivity index (χ1n) is 6.45. The molecule has 1 fully saturated rings. The molecule has 16 heavy (non-hydrogen) atoms. The minimum absolute atomic E-state index is 0.275. The quantitative estimate of drug-likeness (QED) is 0.682. The van der Waals surface area contributed by atoms with Crippen LogP contribution in [0.4, 0.5) is 0 Å². The zero-order valence-corrected chi connectivity index (χ0v) is 11.2. The van der Waals surface area contributed by atoms with E-state index < -0.39 is 0 Å². The second-order valence-electron chi connectivity index (χ2n) is 5.26. The number of piperidine rings is 1. The molecule has 92 valence electrons. The molecule has 0 spiro atoms. The summed E-state index contributed by atoms with van der Waals surface area (Å²) in [5, 5.41) is 0. The standard InChI is InChI=1S/C14H25NO/c1-5-14(4,13(16)11-12(2)3)15-9-7-6-8-10-15/h11H,5-10H2,1-4H3. The van der Waals surface area contributed by atoms with Gasteiger partial charge in [0.05, 0.1) is 5.54 Å². The van der Waals surface area contributed by atoms with Gasteiger partial charge in [0.1, 0.15) is 0 Å². The van der Waals surface area contributed by atoms with Gasteiger partial charge in [-0.2, -0.15) is 0 Å². The number of ketones is 1. The lowest BCUT2D eigenvalue weighted by Crippen LogP contribution is -2.53. The highest BCUT2D eigenvalue weighted by Crippen LogP contribution is 2.25. The third-order valence-corrected chi connectivity index (χ3v) is 3.69. The Bertz CT molecular complexity index is 272. The third-order valence-electron chi connectivity index (χ3n) is 3.69. The van der Waals surface area contributed by atoms with Crippen LogP contribution in [-0.4, -0.2) is 29.3 Å². The SMILES string of the molecule is CCC(C)(C(=O)C=C(C)C)N1CCCCC1. The Morgan fingerprint density at radius 3 is 2.25 bits per heavy atom. The molecule has 1 heterocycles. The molecule has 1 unspecified atom stereocenters. The zero-order valence-electron chi connectivity index (χ0n) is 11.2. The number of nitrogens with zero attached hydrogens (tertiary/aromatic N) is 1. The summed E-state index contributed by atoms with van der Waals surface area (Å²) in [6.07, 6.45) is 6.48. The topological polar surface area (TPSA) is 20.3 Å². The number of hydrogen-bond acceptors (Lipinski definition) is 2. The van der Waals surface area contributed by atoms with E-state index in [0.717, 1.165) is 25.1 Å². The van der Waals surface area contributed by atoms with Gasteiger partial charge >= 0.3 is 0 Å². The molecular weight excluding hydrogens is 198 g/mol. The first-order valence-corrected chi connectivity index (χ1v) is 6.45. The molecule has 2 nitrogen and oxygen atoms in total. The Hall–Kier alpha value is -0.630. The molecule has 2 heteroatoms. The van der Waals surface area contributed by atoms with E-state index in [1.165, 1.54) is 19.3 Å². The summed E-state index contributed by atoms with van der Waals surface area (Å²) >= 11 is 0. The summed E-state index contributed by atoms with van der Waals surface area (Å²) in [5.41, 5.74) is 0.819. The second kappa shape index (κ2) is 5.62. The molecule has 0 radical (unpaired) electrons. The molecule has 0 aromatic rings. The van der Waals surface area contributed by atoms with Crippen LogP contribution in [0, 0.1) is 0 Å². The first kappa shape index (κ1) is 13.4. The maximum atomic E-state index is 12.3. The van der Waals surface area contributed by atoms with Crippen LogP contribution in [0.1, 0.15) is 53.4 Å². The fourth-order valence-corrected chi connectivity index (χ4v) is 2.36. The van der Waals surface area contributed by atoms with Gasteiger partial charge in [0, 0.05) is 0 Å². The number of likely N-dealkylation sites (tertiary alicyclic amines) is 1. The highest BCUT2D eigenvalue weighted by Gasteiger charge is 2.36. The van der Waals surface area contributed by atoms with E-state index in [1.807, 2.05) is 13.8 Å². The fourth-order valence-electron chi connectivity index (χ4n) is 2.36. The van der Waals surface area contributed by atoms with Gasteiger partial charge in [0.25, 0.3) is 0 Å². The van der Waals surface area contributed by atoms with Gasteiger partial charge in [0.15, 0.2) is 5.78 Å². The molecule has 1 rings (SSSR count). The van der Waals surface area contributed by atoms with Gasteiger partial charge in [-0.1, -0.05) is 18.9 Å². The van der Waals surface area contributed by atoms with Crippen molar-refractivity contribution in [2.75, 3.05) is 13.1 Å². The van der Waals surface area contributed by atoms with Crippen molar-refractivity contribution in [1.82, 2.24) is 4.90 Å². The second-order valence-corrected chi connectivity index (χ2v) is 5.26. The van der Waals surface area contributed by atoms with Crippen molar-refractivity contribution in [3.63, 3.8) is 0 Å². The predicted octanol–water partition coefficient (Wildman–Crippen LogP) is 3.18. The summed E-state index contributed by atoms with van der Waals surface area (Å²) in [7, 11) is 0. The Morgan fingerprint density at radius 2 is 1.81 bits per heavy atom. The van der Waals surface area contributed by atoms with Crippen molar-refractivity contribution in [3.05, 3.63) is 11.6 Å². The largest absolute Gasteiger partial charge is 0.293 e. The maximum absolute atomic E-state index is 12.3. The van der Waals surface area contributed by atoms with E-state index in [4.69, 9.17) is 0 Å². The highest BCUT2D eigenvalue weighted by atomic mass is 16.1. The van der Waals surface area contributed by atoms with Gasteiger partial charge in [-0.25, -0.2) is 0 Å². The Balaban J connectivity index is 2.82. The van der Waals surface area contributed by atoms with Crippen molar-refractivity contribution >= 4 is 5.78 Å². The van der Waals surface area contributed by atoms with E-state index in [1.54, 1.807) is 6.08 Å². The number of allylic oxidation sites excluding steroid dienone is 1. The molecule has 1 atom stereocenters. The number of rotatable bonds is 4. The van der Waals surface area contributed by atoms with Gasteiger partial charge in [-0.15, -0.1) is 0 Å². The molecule has 1 saturated heterocycles. The van der Waals surface area contributed by atoms with Crippen LogP contribution in [-0.2, 0) is 4.79 Å². The zero-order chi connectivity index (χ0) is 12.2. The number of carbonyl (C=O) groups excluding carboxylic acids is 1. The van der Waals surface area contributed by atoms with Crippen LogP contribution in [0.5, 0.6) is 0 Å². The van der Waals surface area contributed by atoms with Gasteiger partial charge in [0.2, 0.25) is 0 Å². The van der Waals surface area contributed by atoms with Crippen molar-refractivity contribution in [1.29, 1.82) is 0 Å². The lowest BCUT2D eigenvalue weighted by atomic mass is 9.88. The van der Waals surface area contributed by atoms with Gasteiger partial charge < -0.3 is 0 Å². The predicted molar refractivity (Wildman–Crippen MR) is 68.6 cm³/mol. The molecule has 0 bridgehead atoms. The van der Waals surface area contributed by atoms with E-state index in [2.05, 4.69) is 18.7 Å². The molecular formula is C14H25NO. The summed E-state index contributed by atoms with van der Waals surface area (Å²) < 4.78 is 0. The van der Waals surface area contributed by atoms with E-state index in [9.17, 15) is 4.79 Å². The Morgan fingerprint density at radius 1 is 1.25 bits per heavy atom. The van der Waals surface area contributed by atoms with Crippen LogP contribution < -0.4 is 0 Å². The lowest BCUT2D eigenvalue weighted by Gasteiger charge is -2.41. The minimum atomic E-state index is -0.280. The third kappa shape index (κ3) is 2.94. The van der Waals surface area contributed by atoms with Crippen LogP contribution in [0.25, 0.3) is 0 Å². The van der Waals surface area contributed by atoms with Crippen LogP contribution >= 0.6 is 0 Å². The summed E-state index contributed by atoms with van der Waals surface area (Å²) in [6.45, 7) is 10.3. The fraction of sp³-hybridized carbons (Fsp3) is 0.786. The molecule has 0 amide bonds. The molecule has 1 aliphatic rings. The van der Waals surface area contributed by atoms with E-state index in [-0.39, 0.29) is 11.3 Å². The van der Waals surface area contributed by atoms with E-state index >= 15 is 0 Å². The van der Waals surface area contributed by atoms with Crippen molar-refractivity contribution < 1.29 is 4.79 Å². The molecule has 0 N–H and O–H groups in total. The minimum Gasteiger partial charge on any atom is -0.293 e. The van der Waals surface area contributed by atoms with Crippen molar-refractivity contribution in [3.8, 4) is 0 Å². The normalized spacial score (nSPS) is 21.2. The Labute approximate surface area is 99.7 Å². The molecule has 0 saturated carbocycles. The molecule has 0 aromatic heterocycles. The average Bonchev–Trinajstić information content (AvgIpc) is 2.28. The monoisotopic (exact) mass is 223 g/mol. The number of hydrogen-bond donors (Lipinski definition) is 0. The molecule has 1 aliphatic heterocycles. The first-order chi connectivity index (χ1) is 7.50. The average molecular weight is 223 g/mol. The van der Waals surface area contributed by atoms with Crippen LogP contribution in [0.3, 0.4) is 0 Å². The van der Waals surface area contributed by atoms with Gasteiger partial charge in [-0.05, 0) is 59.2 Å². The summed E-state index contributed by atoms with van der Waals surface area (Å²) in [6, 6.07) is 0. The van der Waals surface area contributed by atoms with E-state index in [0.29, 0.717) is 0 Å². The summed E-state index contributed by atoms with van der Waals surface area (Å²) in [5.74, 6) is 0.275. The maximum Gasteiger partial charge on any atom is 0.175 e. The van der Waals surface area contributed by atoms with Crippen molar-refractivity contribution in [2.24, 2.45) is 0 Å². The van der Waals surface area contributed by atoms with Crippen LogP contribution in [0.15, 0.2) is 11.6 Å². The van der Waals surface area contributed by atoms with Crippen molar-refractivity contribution in [2.45, 2.75) is 58.9 Å². The van der Waals surface area contributed by atoms with Crippen LogP contribution in [0.2, 0.25) is 0 Å². The Kier molecular flexibility index (Phi) is 4.72. The highest BCUT2D eigenvalue weighted by molar-refractivity contribution is 5.98. The smallest absolute Gasteiger partial charge is 0.175 e. The molecule has 0 aromatic carbocycles. The summed E-state index contributed by atoms with van der Waals surface area (Å²) in [4.78, 5) is 14.7. The van der Waals surface area contributed by atoms with Gasteiger partial charge in [-0.3, -0.25) is 9.69 Å². The molecule has 0 aliphatic carbocycles.